The van der Waals surface area contributed by atoms with E-state index in [-0.39, 0.29) is 18.8 Å². The Bertz CT molecular complexity index is 475. The van der Waals surface area contributed by atoms with Gasteiger partial charge in [-0.25, -0.2) is 0 Å². The average Bonchev–Trinajstić information content (AvgIpc) is 2.41. The molecule has 0 aliphatic rings. The summed E-state index contributed by atoms with van der Waals surface area (Å²) < 4.78 is 46.1. The molecule has 0 aromatic heterocycles. The van der Waals surface area contributed by atoms with Gasteiger partial charge in [-0.1, -0.05) is 6.92 Å². The van der Waals surface area contributed by atoms with E-state index >= 15 is 0 Å². The number of rotatable bonds is 8. The molecule has 3 nitrogen and oxygen atoms in total. The zero-order valence-corrected chi connectivity index (χ0v) is 13.1. The summed E-state index contributed by atoms with van der Waals surface area (Å²) in [5, 5.41) is 0. The van der Waals surface area contributed by atoms with Crippen LogP contribution in [0.5, 0.6) is 5.75 Å². The molecule has 0 spiro atoms. The van der Waals surface area contributed by atoms with Crippen molar-refractivity contribution < 1.29 is 27.4 Å². The maximum Gasteiger partial charge on any atom is 0.411 e. The van der Waals surface area contributed by atoms with Gasteiger partial charge in [0.2, 0.25) is 0 Å². The number of halogens is 4. The van der Waals surface area contributed by atoms with Crippen molar-refractivity contribution in [1.82, 2.24) is 0 Å². The van der Waals surface area contributed by atoms with Crippen molar-refractivity contribution in [2.75, 3.05) is 19.8 Å². The van der Waals surface area contributed by atoms with Crippen LogP contribution in [0.25, 0.3) is 0 Å². The van der Waals surface area contributed by atoms with E-state index in [1.807, 2.05) is 6.92 Å². The molecule has 118 valence electrons. The molecule has 0 saturated heterocycles. The van der Waals surface area contributed by atoms with Gasteiger partial charge in [-0.3, -0.25) is 4.79 Å². The second kappa shape index (κ2) is 8.38. The molecular formula is C14H16BrF3O3. The Morgan fingerprint density at radius 2 is 2.00 bits per heavy atom. The first-order chi connectivity index (χ1) is 9.83. The highest BCUT2D eigenvalue weighted by Crippen LogP contribution is 2.26. The molecule has 0 heterocycles. The molecule has 0 atom stereocenters. The summed E-state index contributed by atoms with van der Waals surface area (Å²) in [6.07, 6.45) is -3.61. The smallest absolute Gasteiger partial charge is 0.411 e. The summed E-state index contributed by atoms with van der Waals surface area (Å²) in [5.41, 5.74) is 0.404. The molecule has 1 rings (SSSR count). The van der Waals surface area contributed by atoms with Gasteiger partial charge in [-0.2, -0.15) is 13.2 Å². The first-order valence-electron chi connectivity index (χ1n) is 6.43. The predicted octanol–water partition coefficient (Wildman–Crippen LogP) is 4.39. The molecule has 0 aliphatic heterocycles. The third-order valence-electron chi connectivity index (χ3n) is 2.45. The van der Waals surface area contributed by atoms with Crippen LogP contribution < -0.4 is 4.74 Å². The summed E-state index contributed by atoms with van der Waals surface area (Å²) in [6.45, 7) is 0.946. The van der Waals surface area contributed by atoms with Gasteiger partial charge >= 0.3 is 6.18 Å². The zero-order valence-electron chi connectivity index (χ0n) is 11.5. The topological polar surface area (TPSA) is 35.5 Å². The summed E-state index contributed by atoms with van der Waals surface area (Å²) in [5.74, 6) is 0.349. The fourth-order valence-corrected chi connectivity index (χ4v) is 1.99. The van der Waals surface area contributed by atoms with Crippen molar-refractivity contribution >= 4 is 21.7 Å². The normalized spacial score (nSPS) is 11.5. The highest BCUT2D eigenvalue weighted by atomic mass is 79.9. The van der Waals surface area contributed by atoms with Crippen LogP contribution in [-0.4, -0.2) is 31.8 Å². The number of benzene rings is 1. The Balaban J connectivity index is 2.49. The van der Waals surface area contributed by atoms with Crippen LogP contribution in [0.3, 0.4) is 0 Å². The second-order valence-corrected chi connectivity index (χ2v) is 5.19. The molecule has 1 aromatic carbocycles. The summed E-state index contributed by atoms with van der Waals surface area (Å²) in [7, 11) is 0. The van der Waals surface area contributed by atoms with Crippen LogP contribution in [0.2, 0.25) is 0 Å². The number of alkyl halides is 3. The third kappa shape index (κ3) is 6.95. The fourth-order valence-electron chi connectivity index (χ4n) is 1.50. The van der Waals surface area contributed by atoms with E-state index in [4.69, 9.17) is 4.74 Å². The van der Waals surface area contributed by atoms with Crippen molar-refractivity contribution in [3.05, 3.63) is 28.2 Å². The number of hydrogen-bond acceptors (Lipinski definition) is 3. The van der Waals surface area contributed by atoms with Crippen LogP contribution in [0.15, 0.2) is 22.7 Å². The van der Waals surface area contributed by atoms with Crippen LogP contribution in [0.4, 0.5) is 13.2 Å². The summed E-state index contributed by atoms with van der Waals surface area (Å²) in [6, 6.07) is 4.84. The maximum atomic E-state index is 11.9. The second-order valence-electron chi connectivity index (χ2n) is 4.33. The lowest BCUT2D eigenvalue weighted by Gasteiger charge is -2.09. The lowest BCUT2D eigenvalue weighted by Crippen LogP contribution is -2.18. The van der Waals surface area contributed by atoms with E-state index in [0.717, 1.165) is 6.42 Å². The minimum absolute atomic E-state index is 0.0995. The fraction of sp³-hybridized carbons (Fsp3) is 0.500. The molecule has 0 bridgehead atoms. The Hall–Kier alpha value is -1.08. The van der Waals surface area contributed by atoms with Crippen LogP contribution >= 0.6 is 15.9 Å². The molecule has 0 saturated carbocycles. The Morgan fingerprint density at radius 1 is 1.29 bits per heavy atom. The molecular weight excluding hydrogens is 353 g/mol. The zero-order chi connectivity index (χ0) is 15.9. The number of ether oxygens (including phenoxy) is 2. The Morgan fingerprint density at radius 3 is 2.57 bits per heavy atom. The van der Waals surface area contributed by atoms with Gasteiger partial charge < -0.3 is 9.47 Å². The molecule has 0 aliphatic carbocycles. The quantitative estimate of drug-likeness (QED) is 0.504. The summed E-state index contributed by atoms with van der Waals surface area (Å²) in [4.78, 5) is 11.8. The molecule has 0 N–H and O–H groups in total. The number of carbonyl (C=O) groups excluding carboxylic acids is 1. The van der Waals surface area contributed by atoms with Gasteiger partial charge in [0.1, 0.15) is 12.4 Å². The van der Waals surface area contributed by atoms with Crippen molar-refractivity contribution in [2.24, 2.45) is 0 Å². The van der Waals surface area contributed by atoms with Gasteiger partial charge in [-0.05, 0) is 40.5 Å². The first kappa shape index (κ1) is 18.0. The van der Waals surface area contributed by atoms with E-state index in [2.05, 4.69) is 20.7 Å². The Labute approximate surface area is 129 Å². The van der Waals surface area contributed by atoms with Crippen molar-refractivity contribution in [3.8, 4) is 5.75 Å². The lowest BCUT2D eigenvalue weighted by molar-refractivity contribution is -0.173. The molecule has 0 unspecified atom stereocenters. The number of hydrogen-bond donors (Lipinski definition) is 0. The molecule has 0 amide bonds. The van der Waals surface area contributed by atoms with E-state index in [1.54, 1.807) is 18.2 Å². The average molecular weight is 369 g/mol. The highest BCUT2D eigenvalue weighted by Gasteiger charge is 2.27. The monoisotopic (exact) mass is 368 g/mol. The van der Waals surface area contributed by atoms with Gasteiger partial charge in [0, 0.05) is 12.0 Å². The van der Waals surface area contributed by atoms with E-state index in [0.29, 0.717) is 22.4 Å². The van der Waals surface area contributed by atoms with Gasteiger partial charge in [0.15, 0.2) is 5.78 Å². The number of ketones is 1. The van der Waals surface area contributed by atoms with Crippen LogP contribution in [-0.2, 0) is 4.74 Å². The number of Topliss-reactive ketones (excluding diaryl/α,β-unsaturated/α-hetero) is 1. The SMILES string of the molecule is CCCOc1ccc(C(=O)CCOCC(F)(F)F)cc1Br. The molecule has 7 heteroatoms. The minimum atomic E-state index is -4.37. The van der Waals surface area contributed by atoms with Crippen molar-refractivity contribution in [3.63, 3.8) is 0 Å². The lowest BCUT2D eigenvalue weighted by atomic mass is 10.1. The Kier molecular flexibility index (Phi) is 7.17. The highest BCUT2D eigenvalue weighted by molar-refractivity contribution is 9.10. The first-order valence-corrected chi connectivity index (χ1v) is 7.23. The van der Waals surface area contributed by atoms with Gasteiger partial charge in [0.05, 0.1) is 17.7 Å². The molecule has 0 radical (unpaired) electrons. The van der Waals surface area contributed by atoms with Crippen LogP contribution in [0, 0.1) is 0 Å². The van der Waals surface area contributed by atoms with Crippen LogP contribution in [0.1, 0.15) is 30.1 Å². The summed E-state index contributed by atoms with van der Waals surface area (Å²) >= 11 is 3.30. The molecule has 1 aromatic rings. The predicted molar refractivity (Wildman–Crippen MR) is 75.7 cm³/mol. The maximum absolute atomic E-state index is 11.9. The van der Waals surface area contributed by atoms with Gasteiger partial charge in [0.25, 0.3) is 0 Å². The van der Waals surface area contributed by atoms with Crippen molar-refractivity contribution in [1.29, 1.82) is 0 Å². The third-order valence-corrected chi connectivity index (χ3v) is 3.07. The van der Waals surface area contributed by atoms with E-state index < -0.39 is 12.8 Å². The largest absolute Gasteiger partial charge is 0.492 e. The van der Waals surface area contributed by atoms with Crippen molar-refractivity contribution in [2.45, 2.75) is 25.9 Å². The van der Waals surface area contributed by atoms with E-state index in [1.165, 1.54) is 0 Å². The molecule has 21 heavy (non-hydrogen) atoms. The van der Waals surface area contributed by atoms with E-state index in [9.17, 15) is 18.0 Å². The minimum Gasteiger partial charge on any atom is -0.492 e. The number of carbonyl (C=O) groups is 1. The molecule has 0 fully saturated rings. The van der Waals surface area contributed by atoms with Gasteiger partial charge in [-0.15, -0.1) is 0 Å². The standard InChI is InChI=1S/C14H16BrF3O3/c1-2-6-21-13-4-3-10(8-11(13)15)12(19)5-7-20-9-14(16,17)18/h3-4,8H,2,5-7,9H2,1H3.